The van der Waals surface area contributed by atoms with Crippen LogP contribution in [-0.2, 0) is 11.4 Å². The maximum absolute atomic E-state index is 5.38. The summed E-state index contributed by atoms with van der Waals surface area (Å²) in [6.07, 6.45) is 5.03. The fourth-order valence-electron chi connectivity index (χ4n) is 1.55. The van der Waals surface area contributed by atoms with Gasteiger partial charge in [-0.05, 0) is 24.1 Å². The third-order valence-corrected chi connectivity index (χ3v) is 2.63. The molecule has 0 radical (unpaired) electrons. The summed E-state index contributed by atoms with van der Waals surface area (Å²) in [5.41, 5.74) is 4.14. The highest BCUT2D eigenvalue weighted by Crippen LogP contribution is 2.11. The van der Waals surface area contributed by atoms with Crippen LogP contribution in [0.3, 0.4) is 0 Å². The molecule has 0 unspecified atom stereocenters. The van der Waals surface area contributed by atoms with E-state index in [9.17, 15) is 0 Å². The van der Waals surface area contributed by atoms with Crippen LogP contribution in [0, 0.1) is 0 Å². The number of nitrogens with one attached hydrogen (secondary N) is 1. The second kappa shape index (κ2) is 9.02. The number of ether oxygens (including phenoxy) is 1. The minimum absolute atomic E-state index is 0.595. The molecule has 0 amide bonds. The van der Waals surface area contributed by atoms with Gasteiger partial charge in [0.15, 0.2) is 0 Å². The van der Waals surface area contributed by atoms with Crippen molar-refractivity contribution in [3.8, 4) is 5.75 Å². The highest BCUT2D eigenvalue weighted by atomic mass is 16.6. The molecule has 3 nitrogen and oxygen atoms in total. The summed E-state index contributed by atoms with van der Waals surface area (Å²) >= 11 is 0. The molecule has 0 bridgehead atoms. The zero-order valence-electron chi connectivity index (χ0n) is 10.9. The van der Waals surface area contributed by atoms with Crippen LogP contribution < -0.4 is 10.2 Å². The zero-order chi connectivity index (χ0) is 12.3. The average Bonchev–Trinajstić information content (AvgIpc) is 2.38. The summed E-state index contributed by atoms with van der Waals surface area (Å²) in [5, 5.41) is 0. The van der Waals surface area contributed by atoms with Crippen molar-refractivity contribution < 1.29 is 9.57 Å². The summed E-state index contributed by atoms with van der Waals surface area (Å²) in [6.45, 7) is 3.74. The molecule has 0 saturated heterocycles. The molecule has 0 aliphatic heterocycles. The highest BCUT2D eigenvalue weighted by Gasteiger charge is 1.94. The Hall–Kier alpha value is -1.06. The number of hydrogen-bond donors (Lipinski definition) is 1. The number of hydroxylamine groups is 1. The van der Waals surface area contributed by atoms with Crippen LogP contribution in [-0.4, -0.2) is 13.7 Å². The van der Waals surface area contributed by atoms with E-state index in [0.717, 1.165) is 17.9 Å². The third kappa shape index (κ3) is 6.29. The lowest BCUT2D eigenvalue weighted by Crippen LogP contribution is -2.15. The van der Waals surface area contributed by atoms with Gasteiger partial charge in [0.25, 0.3) is 0 Å². The van der Waals surface area contributed by atoms with E-state index in [1.807, 2.05) is 24.3 Å². The van der Waals surface area contributed by atoms with Gasteiger partial charge in [-0.25, -0.2) is 5.48 Å². The quantitative estimate of drug-likeness (QED) is 0.528. The van der Waals surface area contributed by atoms with E-state index in [1.165, 1.54) is 25.7 Å². The summed E-state index contributed by atoms with van der Waals surface area (Å²) in [5.74, 6) is 0.876. The number of methoxy groups -OCH3 is 1. The van der Waals surface area contributed by atoms with Crippen molar-refractivity contribution in [3.05, 3.63) is 29.8 Å². The smallest absolute Gasteiger partial charge is 0.118 e. The van der Waals surface area contributed by atoms with E-state index in [-0.39, 0.29) is 0 Å². The second-order valence-corrected chi connectivity index (χ2v) is 4.09. The van der Waals surface area contributed by atoms with Crippen LogP contribution in [0.1, 0.15) is 38.2 Å². The topological polar surface area (TPSA) is 30.5 Å². The highest BCUT2D eigenvalue weighted by molar-refractivity contribution is 5.26. The molecule has 0 aliphatic carbocycles. The first-order chi connectivity index (χ1) is 8.36. The lowest BCUT2D eigenvalue weighted by atomic mass is 10.2. The molecule has 0 spiro atoms. The maximum Gasteiger partial charge on any atom is 0.118 e. The summed E-state index contributed by atoms with van der Waals surface area (Å²) in [4.78, 5) is 5.38. The Morgan fingerprint density at radius 1 is 1.06 bits per heavy atom. The minimum Gasteiger partial charge on any atom is -0.497 e. The Balaban J connectivity index is 2.05. The molecule has 17 heavy (non-hydrogen) atoms. The lowest BCUT2D eigenvalue weighted by molar-refractivity contribution is 0.0272. The van der Waals surface area contributed by atoms with Crippen LogP contribution in [0.15, 0.2) is 24.3 Å². The molecule has 0 aromatic heterocycles. The largest absolute Gasteiger partial charge is 0.497 e. The second-order valence-electron chi connectivity index (χ2n) is 4.09. The van der Waals surface area contributed by atoms with Crippen molar-refractivity contribution in [1.29, 1.82) is 0 Å². The molecule has 1 aromatic carbocycles. The van der Waals surface area contributed by atoms with Gasteiger partial charge in [0.05, 0.1) is 13.7 Å². The molecule has 3 heteroatoms. The number of benzene rings is 1. The van der Waals surface area contributed by atoms with Crippen molar-refractivity contribution in [3.63, 3.8) is 0 Å². The van der Waals surface area contributed by atoms with Crippen LogP contribution in [0.2, 0.25) is 0 Å². The summed E-state index contributed by atoms with van der Waals surface area (Å²) in [7, 11) is 1.67. The van der Waals surface area contributed by atoms with E-state index in [1.54, 1.807) is 7.11 Å². The van der Waals surface area contributed by atoms with Gasteiger partial charge in [-0.1, -0.05) is 38.3 Å². The molecule has 1 aromatic rings. The Morgan fingerprint density at radius 2 is 1.82 bits per heavy atom. The number of rotatable bonds is 9. The van der Waals surface area contributed by atoms with E-state index in [2.05, 4.69) is 12.4 Å². The van der Waals surface area contributed by atoms with Crippen molar-refractivity contribution >= 4 is 0 Å². The standard InChI is InChI=1S/C14H23NO2/c1-3-4-5-6-11-15-17-12-13-7-9-14(16-2)10-8-13/h7-10,15H,3-6,11-12H2,1-2H3. The van der Waals surface area contributed by atoms with Gasteiger partial charge < -0.3 is 4.74 Å². The van der Waals surface area contributed by atoms with Crippen molar-refractivity contribution in [1.82, 2.24) is 5.48 Å². The van der Waals surface area contributed by atoms with E-state index >= 15 is 0 Å². The molecular weight excluding hydrogens is 214 g/mol. The molecule has 1 N–H and O–H groups in total. The predicted octanol–water partition coefficient (Wildman–Crippen LogP) is 3.30. The van der Waals surface area contributed by atoms with Gasteiger partial charge in [-0.15, -0.1) is 0 Å². The lowest BCUT2D eigenvalue weighted by Gasteiger charge is -2.06. The van der Waals surface area contributed by atoms with Gasteiger partial charge in [-0.3, -0.25) is 4.84 Å². The van der Waals surface area contributed by atoms with Crippen LogP contribution >= 0.6 is 0 Å². The predicted molar refractivity (Wildman–Crippen MR) is 69.9 cm³/mol. The normalized spacial score (nSPS) is 10.5. The zero-order valence-corrected chi connectivity index (χ0v) is 10.9. The Bertz CT molecular complexity index is 285. The van der Waals surface area contributed by atoms with Crippen molar-refractivity contribution in [2.75, 3.05) is 13.7 Å². The number of unbranched alkanes of at least 4 members (excludes halogenated alkanes) is 3. The molecular formula is C14H23NO2. The fourth-order valence-corrected chi connectivity index (χ4v) is 1.55. The first kappa shape index (κ1) is 14.0. The van der Waals surface area contributed by atoms with Gasteiger partial charge >= 0.3 is 0 Å². The third-order valence-electron chi connectivity index (χ3n) is 2.63. The molecule has 0 saturated carbocycles. The van der Waals surface area contributed by atoms with Gasteiger partial charge in [0.1, 0.15) is 5.75 Å². The molecule has 0 atom stereocenters. The van der Waals surface area contributed by atoms with Gasteiger partial charge in [0, 0.05) is 6.54 Å². The minimum atomic E-state index is 0.595. The van der Waals surface area contributed by atoms with Crippen molar-refractivity contribution in [2.24, 2.45) is 0 Å². The number of hydrogen-bond acceptors (Lipinski definition) is 3. The van der Waals surface area contributed by atoms with E-state index in [4.69, 9.17) is 9.57 Å². The van der Waals surface area contributed by atoms with Crippen molar-refractivity contribution in [2.45, 2.75) is 39.2 Å². The Morgan fingerprint density at radius 3 is 2.47 bits per heavy atom. The maximum atomic E-state index is 5.38. The van der Waals surface area contributed by atoms with Crippen LogP contribution in [0.25, 0.3) is 0 Å². The van der Waals surface area contributed by atoms with Crippen LogP contribution in [0.5, 0.6) is 5.75 Å². The molecule has 0 heterocycles. The molecule has 1 rings (SSSR count). The Kier molecular flexibility index (Phi) is 7.43. The molecule has 0 aliphatic rings. The first-order valence-corrected chi connectivity index (χ1v) is 6.34. The SMILES string of the molecule is CCCCCCNOCc1ccc(OC)cc1. The Labute approximate surface area is 104 Å². The van der Waals surface area contributed by atoms with Gasteiger partial charge in [0.2, 0.25) is 0 Å². The summed E-state index contributed by atoms with van der Waals surface area (Å²) in [6, 6.07) is 7.91. The molecule has 0 fully saturated rings. The fraction of sp³-hybridized carbons (Fsp3) is 0.571. The summed E-state index contributed by atoms with van der Waals surface area (Å²) < 4.78 is 5.09. The van der Waals surface area contributed by atoms with E-state index < -0.39 is 0 Å². The molecule has 96 valence electrons. The monoisotopic (exact) mass is 237 g/mol. The first-order valence-electron chi connectivity index (χ1n) is 6.34. The van der Waals surface area contributed by atoms with E-state index in [0.29, 0.717) is 6.61 Å². The van der Waals surface area contributed by atoms with Gasteiger partial charge in [-0.2, -0.15) is 0 Å². The average molecular weight is 237 g/mol. The van der Waals surface area contributed by atoms with Crippen LogP contribution in [0.4, 0.5) is 0 Å².